The summed E-state index contributed by atoms with van der Waals surface area (Å²) in [4.78, 5) is 26.6. The van der Waals surface area contributed by atoms with E-state index in [1.54, 1.807) is 6.92 Å². The number of amides is 1. The van der Waals surface area contributed by atoms with Crippen LogP contribution < -0.4 is 20.7 Å². The number of nitrogens with one attached hydrogen (secondary N) is 2. The van der Waals surface area contributed by atoms with E-state index in [9.17, 15) is 9.59 Å². The molecule has 1 amide bonds. The minimum atomic E-state index is -2.07. The van der Waals surface area contributed by atoms with Gasteiger partial charge in [0.05, 0.1) is 0 Å². The molecule has 0 radical (unpaired) electrons. The molecule has 0 saturated carbocycles. The Kier molecular flexibility index (Phi) is 14.8. The zero-order valence-electron chi connectivity index (χ0n) is 41.4. The first-order valence-electron chi connectivity index (χ1n) is 23.9. The zero-order valence-corrected chi connectivity index (χ0v) is 42.4. The highest BCUT2D eigenvalue weighted by atomic mass is 28.3. The van der Waals surface area contributed by atoms with Gasteiger partial charge in [0, 0.05) is 57.0 Å². The van der Waals surface area contributed by atoms with Gasteiger partial charge in [-0.15, -0.1) is 0 Å². The van der Waals surface area contributed by atoms with Crippen LogP contribution in [0.25, 0.3) is 38.2 Å². The Hall–Kier alpha value is -5.89. The van der Waals surface area contributed by atoms with E-state index in [2.05, 4.69) is 179 Å². The van der Waals surface area contributed by atoms with Gasteiger partial charge in [0.2, 0.25) is 5.91 Å². The van der Waals surface area contributed by atoms with Crippen LogP contribution in [-0.2, 0) is 22.6 Å². The van der Waals surface area contributed by atoms with Gasteiger partial charge in [-0.3, -0.25) is 9.59 Å². The molecule has 0 fully saturated rings. The summed E-state index contributed by atoms with van der Waals surface area (Å²) in [5, 5.41) is 14.8. The van der Waals surface area contributed by atoms with E-state index in [0.29, 0.717) is 24.1 Å². The predicted octanol–water partition coefficient (Wildman–Crippen LogP) is 11.6. The standard InChI is InChI=1S/C59H70N4O2Si/c1-38(2)55(64)23-16-14-13-15-20-46-45-21-17-18-22-47(45)54(37-60-30-19-31-61-59(65)39(3)4)48-27-24-42(34-53(46)48)51-32-41(6)52(33-40(51)5)58-49-28-25-43(62(7)8)35-56(49)66(11,12)57-36-44(63(9)10)26-29-50(57)58/h17-18,21-22,24-29,32-36,60H,1,3,13-16,19-20,23,30-31,37H2,2,4-12H3/p+1. The molecule has 7 rings (SSSR count). The summed E-state index contributed by atoms with van der Waals surface area (Å²) in [6.07, 6.45) is 13.5. The van der Waals surface area contributed by atoms with Gasteiger partial charge in [-0.2, -0.15) is 0 Å². The number of hydrogen-bond acceptors (Lipinski definition) is 4. The summed E-state index contributed by atoms with van der Waals surface area (Å²) in [5.74, 6) is 0.0823. The second kappa shape index (κ2) is 20.3. The maximum Gasteiger partial charge on any atom is 0.246 e. The maximum atomic E-state index is 12.3. The number of rotatable bonds is 18. The third-order valence-corrected chi connectivity index (χ3v) is 17.4. The third kappa shape index (κ3) is 9.94. The van der Waals surface area contributed by atoms with Crippen molar-refractivity contribution in [3.8, 4) is 11.1 Å². The van der Waals surface area contributed by atoms with Crippen molar-refractivity contribution in [1.29, 1.82) is 0 Å². The van der Waals surface area contributed by atoms with Crippen LogP contribution in [0, 0.1) is 13.8 Å². The Morgan fingerprint density at radius 2 is 1.39 bits per heavy atom. The number of ketones is 1. The minimum absolute atomic E-state index is 0.0924. The summed E-state index contributed by atoms with van der Waals surface area (Å²) < 4.78 is 2.22. The van der Waals surface area contributed by atoms with Crippen LogP contribution in [0.2, 0.25) is 13.1 Å². The smallest absolute Gasteiger partial charge is 0.246 e. The van der Waals surface area contributed by atoms with Crippen molar-refractivity contribution in [2.24, 2.45) is 0 Å². The van der Waals surface area contributed by atoms with Gasteiger partial charge >= 0.3 is 0 Å². The van der Waals surface area contributed by atoms with Gasteiger partial charge < -0.3 is 15.5 Å². The molecule has 66 heavy (non-hydrogen) atoms. The number of carbonyl (C=O) groups excluding carboxylic acids is 2. The molecule has 0 saturated heterocycles. The van der Waals surface area contributed by atoms with Gasteiger partial charge in [-0.25, -0.2) is 4.58 Å². The van der Waals surface area contributed by atoms with E-state index < -0.39 is 8.07 Å². The fourth-order valence-corrected chi connectivity index (χ4v) is 13.1. The minimum Gasteiger partial charge on any atom is -0.378 e. The highest BCUT2D eigenvalue weighted by molar-refractivity contribution is 6.98. The number of allylic oxidation sites excluding steroid dienone is 6. The molecule has 342 valence electrons. The van der Waals surface area contributed by atoms with Crippen LogP contribution in [0.1, 0.15) is 85.8 Å². The molecule has 6 nitrogen and oxygen atoms in total. The maximum absolute atomic E-state index is 12.3. The number of hydrogen-bond donors (Lipinski definition) is 2. The number of aryl methyl sites for hydroxylation is 3. The molecule has 5 aromatic carbocycles. The van der Waals surface area contributed by atoms with E-state index in [-0.39, 0.29) is 11.7 Å². The molecule has 1 aliphatic carbocycles. The molecule has 2 N–H and O–H groups in total. The fraction of sp³-hybridized carbons (Fsp3) is 0.339. The Balaban J connectivity index is 1.30. The normalized spacial score (nSPS) is 14.0. The lowest BCUT2D eigenvalue weighted by Crippen LogP contribution is -2.49. The molecule has 5 aromatic rings. The van der Waals surface area contributed by atoms with Crippen molar-refractivity contribution >= 4 is 63.5 Å². The number of unbranched alkanes of at least 4 members (excludes halogenated alkanes) is 3. The van der Waals surface area contributed by atoms with Crippen molar-refractivity contribution in [1.82, 2.24) is 10.6 Å². The Labute approximate surface area is 395 Å². The largest absolute Gasteiger partial charge is 0.378 e. The number of anilines is 1. The van der Waals surface area contributed by atoms with E-state index in [1.165, 1.54) is 99.0 Å². The van der Waals surface area contributed by atoms with Gasteiger partial charge in [0.1, 0.15) is 22.2 Å². The highest BCUT2D eigenvalue weighted by Gasteiger charge is 2.40. The summed E-state index contributed by atoms with van der Waals surface area (Å²) in [6.45, 7) is 22.9. The second-order valence-corrected chi connectivity index (χ2v) is 24.0. The average molecular weight is 896 g/mol. The van der Waals surface area contributed by atoms with Crippen molar-refractivity contribution in [3.05, 3.63) is 159 Å². The summed E-state index contributed by atoms with van der Waals surface area (Å²) >= 11 is 0. The number of nitrogens with zero attached hydrogens (tertiary/aromatic N) is 2. The van der Waals surface area contributed by atoms with Crippen LogP contribution >= 0.6 is 0 Å². The number of benzene rings is 5. The van der Waals surface area contributed by atoms with Crippen molar-refractivity contribution in [2.45, 2.75) is 92.3 Å². The van der Waals surface area contributed by atoms with Crippen LogP contribution in [0.4, 0.5) is 5.69 Å². The molecule has 0 atom stereocenters. The van der Waals surface area contributed by atoms with Crippen molar-refractivity contribution in [2.75, 3.05) is 46.2 Å². The lowest BCUT2D eigenvalue weighted by molar-refractivity contribution is -0.462. The predicted molar refractivity (Wildman–Crippen MR) is 285 cm³/mol. The zero-order chi connectivity index (χ0) is 47.4. The molecule has 0 spiro atoms. The Bertz CT molecular complexity index is 2900. The fourth-order valence-electron chi connectivity index (χ4n) is 9.99. The summed E-state index contributed by atoms with van der Waals surface area (Å²) in [5.41, 5.74) is 16.7. The number of carbonyl (C=O) groups is 2. The first kappa shape index (κ1) is 48.1. The summed E-state index contributed by atoms with van der Waals surface area (Å²) in [7, 11) is 6.48. The Morgan fingerprint density at radius 1 is 0.712 bits per heavy atom. The molecular formula is C59H71N4O2Si+. The lowest BCUT2D eigenvalue weighted by Gasteiger charge is -2.38. The van der Waals surface area contributed by atoms with Gasteiger partial charge in [0.15, 0.2) is 11.5 Å². The number of Topliss-reactive ketones (excluding diaryl/α,β-unsaturated/α-hetero) is 1. The molecular weight excluding hydrogens is 825 g/mol. The van der Waals surface area contributed by atoms with Gasteiger partial charge in [-0.1, -0.05) is 93.7 Å². The lowest BCUT2D eigenvalue weighted by atomic mass is 9.84. The van der Waals surface area contributed by atoms with Gasteiger partial charge in [0.25, 0.3) is 0 Å². The monoisotopic (exact) mass is 896 g/mol. The first-order chi connectivity index (χ1) is 31.5. The summed E-state index contributed by atoms with van der Waals surface area (Å²) in [6, 6.07) is 28.0. The first-order valence-corrected chi connectivity index (χ1v) is 26.9. The second-order valence-electron chi connectivity index (χ2n) is 19.7. The molecule has 0 unspecified atom stereocenters. The van der Waals surface area contributed by atoms with E-state index in [4.69, 9.17) is 0 Å². The van der Waals surface area contributed by atoms with Crippen LogP contribution in [0.3, 0.4) is 0 Å². The van der Waals surface area contributed by atoms with E-state index in [0.717, 1.165) is 51.6 Å². The Morgan fingerprint density at radius 3 is 2.09 bits per heavy atom. The van der Waals surface area contributed by atoms with Crippen molar-refractivity contribution < 1.29 is 14.2 Å². The van der Waals surface area contributed by atoms with E-state index in [1.807, 2.05) is 6.92 Å². The van der Waals surface area contributed by atoms with Crippen LogP contribution in [-0.4, -0.2) is 71.3 Å². The van der Waals surface area contributed by atoms with Crippen LogP contribution in [0.5, 0.6) is 0 Å². The number of fused-ring (bicyclic) bond motifs is 4. The van der Waals surface area contributed by atoms with Gasteiger partial charge in [-0.05, 0) is 177 Å². The van der Waals surface area contributed by atoms with Crippen LogP contribution in [0.15, 0.2) is 126 Å². The molecule has 1 heterocycles. The third-order valence-electron chi connectivity index (χ3n) is 13.9. The topological polar surface area (TPSA) is 64.5 Å². The SMILES string of the molecule is C=C(C)C(=O)CCCCCCc1c2ccccc2c(CNCCCNC(=O)C(=C)C)c2ccc(-c3cc(C)c(C4=C5C=CC(=[N+](C)C)C=C5[Si](C)(C)c5cc(N(C)C)ccc54)cc3C)cc12. The van der Waals surface area contributed by atoms with Crippen molar-refractivity contribution in [3.63, 3.8) is 0 Å². The highest BCUT2D eigenvalue weighted by Crippen LogP contribution is 2.44. The molecule has 0 aromatic heterocycles. The molecule has 2 aliphatic rings. The molecule has 0 bridgehead atoms. The quantitative estimate of drug-likeness (QED) is 0.0302. The molecule has 1 aliphatic heterocycles. The van der Waals surface area contributed by atoms with E-state index >= 15 is 0 Å². The average Bonchev–Trinajstić information content (AvgIpc) is 3.29. The molecule has 7 heteroatoms.